The number of benzene rings is 1. The first kappa shape index (κ1) is 14.0. The van der Waals surface area contributed by atoms with Gasteiger partial charge >= 0.3 is 5.69 Å². The second kappa shape index (κ2) is 5.10. The number of aliphatic imine (C=N–C) groups is 1. The minimum atomic E-state index is -0.408. The molecule has 3 aromatic rings. The van der Waals surface area contributed by atoms with Gasteiger partial charge in [0, 0.05) is 27.4 Å². The summed E-state index contributed by atoms with van der Waals surface area (Å²) in [6.45, 7) is 0. The van der Waals surface area contributed by atoms with E-state index in [0.29, 0.717) is 17.1 Å². The van der Waals surface area contributed by atoms with Gasteiger partial charge in [-0.3, -0.25) is 13.9 Å². The van der Waals surface area contributed by atoms with E-state index >= 15 is 0 Å². The number of nitrogens with zero attached hydrogens (tertiary/aromatic N) is 5. The van der Waals surface area contributed by atoms with Gasteiger partial charge in [0.1, 0.15) is 0 Å². The third-order valence-electron chi connectivity index (χ3n) is 3.58. The molecule has 0 amide bonds. The average molecular weight is 297 g/mol. The van der Waals surface area contributed by atoms with E-state index in [4.69, 9.17) is 0 Å². The minimum absolute atomic E-state index is 0.329. The molecule has 0 radical (unpaired) electrons. The Morgan fingerprint density at radius 2 is 1.68 bits per heavy atom. The summed E-state index contributed by atoms with van der Waals surface area (Å²) in [6.07, 6.45) is 1.67. The monoisotopic (exact) mass is 297 g/mol. The Labute approximate surface area is 125 Å². The smallest absolute Gasteiger partial charge is 0.306 e. The predicted molar refractivity (Wildman–Crippen MR) is 84.9 cm³/mol. The van der Waals surface area contributed by atoms with Gasteiger partial charge in [0.2, 0.25) is 5.95 Å². The van der Waals surface area contributed by atoms with Crippen molar-refractivity contribution in [2.45, 2.75) is 0 Å². The third-order valence-corrected chi connectivity index (χ3v) is 3.58. The second-order valence-electron chi connectivity index (χ2n) is 5.02. The molecule has 3 rings (SSSR count). The molecular weight excluding hydrogens is 282 g/mol. The fourth-order valence-corrected chi connectivity index (χ4v) is 2.29. The normalized spacial score (nSPS) is 11.6. The molecule has 0 fully saturated rings. The maximum atomic E-state index is 12.2. The zero-order valence-electron chi connectivity index (χ0n) is 12.5. The highest BCUT2D eigenvalue weighted by Crippen LogP contribution is 2.15. The van der Waals surface area contributed by atoms with Crippen molar-refractivity contribution in [2.24, 2.45) is 26.1 Å². The lowest BCUT2D eigenvalue weighted by Gasteiger charge is -2.02. The number of imidazole rings is 1. The van der Waals surface area contributed by atoms with Crippen molar-refractivity contribution in [1.82, 2.24) is 18.7 Å². The van der Waals surface area contributed by atoms with Crippen LogP contribution in [-0.2, 0) is 21.1 Å². The quantitative estimate of drug-likeness (QED) is 0.654. The van der Waals surface area contributed by atoms with Gasteiger partial charge in [0.25, 0.3) is 5.56 Å². The topological polar surface area (TPSA) is 74.2 Å². The number of fused-ring (bicyclic) bond motifs is 1. The number of aromatic nitrogens is 4. The molecule has 2 aromatic heterocycles. The zero-order chi connectivity index (χ0) is 15.9. The highest BCUT2D eigenvalue weighted by molar-refractivity contribution is 5.82. The molecule has 0 N–H and O–H groups in total. The van der Waals surface area contributed by atoms with Gasteiger partial charge in [-0.05, 0) is 5.56 Å². The Morgan fingerprint density at radius 3 is 2.36 bits per heavy atom. The van der Waals surface area contributed by atoms with Crippen LogP contribution in [0.1, 0.15) is 5.56 Å². The van der Waals surface area contributed by atoms with Crippen LogP contribution in [0.5, 0.6) is 0 Å². The van der Waals surface area contributed by atoms with Crippen LogP contribution in [0, 0.1) is 0 Å². The number of hydrogen-bond donors (Lipinski definition) is 0. The molecule has 7 heteroatoms. The fourth-order valence-electron chi connectivity index (χ4n) is 2.29. The maximum absolute atomic E-state index is 12.2. The molecule has 0 aliphatic rings. The molecule has 0 aliphatic carbocycles. The van der Waals surface area contributed by atoms with Gasteiger partial charge in [0.05, 0.1) is 0 Å². The molecule has 2 heterocycles. The summed E-state index contributed by atoms with van der Waals surface area (Å²) in [6, 6.07) is 9.58. The minimum Gasteiger partial charge on any atom is -0.306 e. The molecule has 0 bridgehead atoms. The first-order valence-electron chi connectivity index (χ1n) is 6.72. The molecule has 1 aromatic carbocycles. The Balaban J connectivity index is 2.21. The van der Waals surface area contributed by atoms with Crippen LogP contribution < -0.4 is 11.2 Å². The average Bonchev–Trinajstić information content (AvgIpc) is 2.87. The second-order valence-corrected chi connectivity index (χ2v) is 5.02. The molecule has 0 spiro atoms. The van der Waals surface area contributed by atoms with Gasteiger partial charge in [-0.15, -0.1) is 0 Å². The molecule has 7 nitrogen and oxygen atoms in total. The van der Waals surface area contributed by atoms with Crippen LogP contribution in [0.2, 0.25) is 0 Å². The van der Waals surface area contributed by atoms with Crippen molar-refractivity contribution in [3.05, 3.63) is 56.7 Å². The Kier molecular flexibility index (Phi) is 3.25. The zero-order valence-corrected chi connectivity index (χ0v) is 12.5. The molecule has 112 valence electrons. The first-order chi connectivity index (χ1) is 10.5. The van der Waals surface area contributed by atoms with E-state index in [-0.39, 0.29) is 5.56 Å². The number of hydrogen-bond acceptors (Lipinski definition) is 4. The largest absolute Gasteiger partial charge is 0.332 e. The van der Waals surface area contributed by atoms with Crippen molar-refractivity contribution < 1.29 is 0 Å². The van der Waals surface area contributed by atoms with Gasteiger partial charge in [-0.1, -0.05) is 30.3 Å². The Morgan fingerprint density at radius 1 is 1.00 bits per heavy atom. The lowest BCUT2D eigenvalue weighted by atomic mass is 10.2. The molecular formula is C15H15N5O2. The van der Waals surface area contributed by atoms with Crippen LogP contribution in [-0.4, -0.2) is 24.9 Å². The van der Waals surface area contributed by atoms with Crippen LogP contribution in [0.25, 0.3) is 11.2 Å². The molecule has 0 aliphatic heterocycles. The van der Waals surface area contributed by atoms with E-state index in [1.54, 1.807) is 24.9 Å². The Bertz CT molecular complexity index is 993. The maximum Gasteiger partial charge on any atom is 0.332 e. The van der Waals surface area contributed by atoms with Gasteiger partial charge in [0.15, 0.2) is 11.2 Å². The standard InChI is InChI=1S/C15H15N5O2/c1-18-11-12(19(2)15(22)20(3)13(11)21)17-14(18)16-9-10-7-5-4-6-8-10/h4-9H,1-3H3/b16-9+. The number of rotatable bonds is 2. The van der Waals surface area contributed by atoms with Gasteiger partial charge in [-0.25, -0.2) is 9.79 Å². The molecule has 0 atom stereocenters. The first-order valence-corrected chi connectivity index (χ1v) is 6.72. The van der Waals surface area contributed by atoms with E-state index < -0.39 is 5.69 Å². The predicted octanol–water partition coefficient (Wildman–Crippen LogP) is 0.721. The van der Waals surface area contributed by atoms with E-state index in [1.807, 2.05) is 30.3 Å². The van der Waals surface area contributed by atoms with Crippen LogP contribution in [0.4, 0.5) is 5.95 Å². The summed E-state index contributed by atoms with van der Waals surface area (Å²) in [7, 11) is 4.74. The van der Waals surface area contributed by atoms with Crippen molar-refractivity contribution in [1.29, 1.82) is 0 Å². The lowest BCUT2D eigenvalue weighted by molar-refractivity contribution is 0.705. The van der Waals surface area contributed by atoms with Crippen molar-refractivity contribution in [3.63, 3.8) is 0 Å². The summed E-state index contributed by atoms with van der Waals surface area (Å²) < 4.78 is 4.00. The highest BCUT2D eigenvalue weighted by atomic mass is 16.2. The third kappa shape index (κ3) is 2.07. The van der Waals surface area contributed by atoms with Crippen LogP contribution >= 0.6 is 0 Å². The fraction of sp³-hybridized carbons (Fsp3) is 0.200. The van der Waals surface area contributed by atoms with Gasteiger partial charge < -0.3 is 4.57 Å². The summed E-state index contributed by atoms with van der Waals surface area (Å²) in [5.74, 6) is 0.372. The summed E-state index contributed by atoms with van der Waals surface area (Å²) in [5, 5.41) is 0. The molecule has 22 heavy (non-hydrogen) atoms. The number of aryl methyl sites for hydroxylation is 2. The molecule has 0 saturated heterocycles. The van der Waals surface area contributed by atoms with E-state index in [1.165, 1.54) is 11.6 Å². The van der Waals surface area contributed by atoms with E-state index in [2.05, 4.69) is 9.98 Å². The summed E-state index contributed by atoms with van der Waals surface area (Å²) in [5.41, 5.74) is 0.820. The molecule has 0 saturated carbocycles. The summed E-state index contributed by atoms with van der Waals surface area (Å²) in [4.78, 5) is 32.8. The SMILES string of the molecule is Cn1c(=O)c2c(nc(/N=C/c3ccccc3)n2C)n(C)c1=O. The lowest BCUT2D eigenvalue weighted by Crippen LogP contribution is -2.37. The highest BCUT2D eigenvalue weighted by Gasteiger charge is 2.16. The van der Waals surface area contributed by atoms with E-state index in [9.17, 15) is 9.59 Å². The van der Waals surface area contributed by atoms with Crippen molar-refractivity contribution in [2.75, 3.05) is 0 Å². The van der Waals surface area contributed by atoms with Crippen molar-refractivity contribution in [3.8, 4) is 0 Å². The van der Waals surface area contributed by atoms with Crippen molar-refractivity contribution >= 4 is 23.3 Å². The van der Waals surface area contributed by atoms with Gasteiger partial charge in [-0.2, -0.15) is 4.98 Å². The van der Waals surface area contributed by atoms with Crippen LogP contribution in [0.15, 0.2) is 44.9 Å². The van der Waals surface area contributed by atoms with E-state index in [0.717, 1.165) is 10.1 Å². The summed E-state index contributed by atoms with van der Waals surface area (Å²) >= 11 is 0. The van der Waals surface area contributed by atoms with Crippen LogP contribution in [0.3, 0.4) is 0 Å². The Hall–Kier alpha value is -2.96. The molecule has 0 unspecified atom stereocenters.